The molecule has 0 heterocycles. The average molecular weight is 366 g/mol. The lowest BCUT2D eigenvalue weighted by molar-refractivity contribution is 0.103. The second kappa shape index (κ2) is 8.23. The highest BCUT2D eigenvalue weighted by Crippen LogP contribution is 2.38. The second-order valence-corrected chi connectivity index (χ2v) is 6.16. The van der Waals surface area contributed by atoms with Crippen LogP contribution in [0.1, 0.15) is 15.9 Å². The van der Waals surface area contributed by atoms with E-state index in [0.717, 1.165) is 0 Å². The third-order valence-corrected chi connectivity index (χ3v) is 4.19. The van der Waals surface area contributed by atoms with Crippen LogP contribution >= 0.6 is 0 Å². The molecule has 4 aromatic carbocycles. The minimum Gasteiger partial charge on any atom is -0.453 e. The number of hydrogen-bond acceptors (Lipinski definition) is 3. The van der Waals surface area contributed by atoms with Gasteiger partial charge in [0.25, 0.3) is 0 Å². The first-order valence-corrected chi connectivity index (χ1v) is 9.00. The number of carbonyl (C=O) groups is 1. The van der Waals surface area contributed by atoms with Crippen molar-refractivity contribution in [3.05, 3.63) is 120 Å². The smallest absolute Gasteiger partial charge is 0.196 e. The van der Waals surface area contributed by atoms with E-state index in [9.17, 15) is 4.79 Å². The molecule has 4 rings (SSSR count). The van der Waals surface area contributed by atoms with Gasteiger partial charge in [-0.05, 0) is 36.4 Å². The summed E-state index contributed by atoms with van der Waals surface area (Å²) < 4.78 is 12.1. The van der Waals surface area contributed by atoms with Gasteiger partial charge in [-0.15, -0.1) is 0 Å². The Kier molecular flexibility index (Phi) is 5.16. The summed E-state index contributed by atoms with van der Waals surface area (Å²) in [5.41, 5.74) is 1.04. The first-order valence-electron chi connectivity index (χ1n) is 9.00. The van der Waals surface area contributed by atoms with Gasteiger partial charge in [0.2, 0.25) is 0 Å². The van der Waals surface area contributed by atoms with E-state index in [1.807, 2.05) is 78.9 Å². The van der Waals surface area contributed by atoms with Gasteiger partial charge in [0.15, 0.2) is 17.3 Å². The van der Waals surface area contributed by atoms with E-state index in [-0.39, 0.29) is 5.78 Å². The second-order valence-electron chi connectivity index (χ2n) is 6.16. The van der Waals surface area contributed by atoms with E-state index in [4.69, 9.17) is 9.47 Å². The van der Waals surface area contributed by atoms with Gasteiger partial charge in [-0.2, -0.15) is 0 Å². The Labute approximate surface area is 163 Å². The summed E-state index contributed by atoms with van der Waals surface area (Å²) in [6.07, 6.45) is 0. The Morgan fingerprint density at radius 2 is 1.07 bits per heavy atom. The van der Waals surface area contributed by atoms with Crippen LogP contribution in [-0.2, 0) is 0 Å². The van der Waals surface area contributed by atoms with Crippen LogP contribution < -0.4 is 9.47 Å². The van der Waals surface area contributed by atoms with Crippen LogP contribution in [0, 0.1) is 0 Å². The molecule has 0 unspecified atom stereocenters. The molecule has 0 aliphatic heterocycles. The van der Waals surface area contributed by atoms with Crippen LogP contribution in [0.5, 0.6) is 23.0 Å². The molecular weight excluding hydrogens is 348 g/mol. The van der Waals surface area contributed by atoms with Crippen LogP contribution in [0.25, 0.3) is 0 Å². The molecular formula is C25H18O3. The molecule has 3 heteroatoms. The number of ether oxygens (including phenoxy) is 2. The van der Waals surface area contributed by atoms with Crippen molar-refractivity contribution in [3.8, 4) is 23.0 Å². The van der Waals surface area contributed by atoms with Crippen molar-refractivity contribution in [3.63, 3.8) is 0 Å². The van der Waals surface area contributed by atoms with Gasteiger partial charge in [-0.3, -0.25) is 4.79 Å². The third-order valence-electron chi connectivity index (χ3n) is 4.19. The fourth-order valence-electron chi connectivity index (χ4n) is 2.85. The summed E-state index contributed by atoms with van der Waals surface area (Å²) in [4.78, 5) is 13.1. The first kappa shape index (κ1) is 17.6. The Hall–Kier alpha value is -3.85. The average Bonchev–Trinajstić information content (AvgIpc) is 2.76. The predicted octanol–water partition coefficient (Wildman–Crippen LogP) is 6.50. The van der Waals surface area contributed by atoms with E-state index < -0.39 is 0 Å². The van der Waals surface area contributed by atoms with Crippen LogP contribution in [0.2, 0.25) is 0 Å². The standard InChI is InChI=1S/C25H18O3/c26-24(19-11-4-1-5-12-19)22-17-10-18-23(27-20-13-6-2-7-14-20)25(22)28-21-15-8-3-9-16-21/h1-18H. The fourth-order valence-corrected chi connectivity index (χ4v) is 2.85. The number of rotatable bonds is 6. The predicted molar refractivity (Wildman–Crippen MR) is 109 cm³/mol. The SMILES string of the molecule is O=C(c1ccccc1)c1cccc(Oc2ccccc2)c1Oc1ccccc1. The van der Waals surface area contributed by atoms with E-state index in [0.29, 0.717) is 34.1 Å². The summed E-state index contributed by atoms with van der Waals surface area (Å²) in [5.74, 6) is 2.06. The van der Waals surface area contributed by atoms with Crippen LogP contribution in [0.3, 0.4) is 0 Å². The molecule has 0 N–H and O–H groups in total. The molecule has 0 aliphatic carbocycles. The van der Waals surface area contributed by atoms with Crippen molar-refractivity contribution >= 4 is 5.78 Å². The normalized spacial score (nSPS) is 10.3. The summed E-state index contributed by atoms with van der Waals surface area (Å²) in [5, 5.41) is 0. The molecule has 0 saturated carbocycles. The molecule has 0 aliphatic rings. The first-order chi connectivity index (χ1) is 13.8. The zero-order valence-corrected chi connectivity index (χ0v) is 15.1. The highest BCUT2D eigenvalue weighted by atomic mass is 16.5. The van der Waals surface area contributed by atoms with Crippen molar-refractivity contribution in [2.24, 2.45) is 0 Å². The van der Waals surface area contributed by atoms with Crippen LogP contribution in [0.15, 0.2) is 109 Å². The Balaban J connectivity index is 1.78. The minimum absolute atomic E-state index is 0.120. The quantitative estimate of drug-likeness (QED) is 0.365. The van der Waals surface area contributed by atoms with E-state index in [1.54, 1.807) is 30.3 Å². The Bertz CT molecular complexity index is 1060. The molecule has 0 saturated heterocycles. The molecule has 0 spiro atoms. The molecule has 0 fully saturated rings. The maximum Gasteiger partial charge on any atom is 0.196 e. The van der Waals surface area contributed by atoms with Gasteiger partial charge in [0.1, 0.15) is 11.5 Å². The lowest BCUT2D eigenvalue weighted by atomic mass is 10.0. The lowest BCUT2D eigenvalue weighted by Crippen LogP contribution is -2.04. The number of ketones is 1. The Morgan fingerprint density at radius 1 is 0.536 bits per heavy atom. The van der Waals surface area contributed by atoms with Gasteiger partial charge < -0.3 is 9.47 Å². The third kappa shape index (κ3) is 3.94. The van der Waals surface area contributed by atoms with Gasteiger partial charge >= 0.3 is 0 Å². The number of hydrogen-bond donors (Lipinski definition) is 0. The van der Waals surface area contributed by atoms with E-state index >= 15 is 0 Å². The summed E-state index contributed by atoms with van der Waals surface area (Å²) in [6.45, 7) is 0. The maximum absolute atomic E-state index is 13.1. The van der Waals surface area contributed by atoms with Crippen molar-refractivity contribution in [2.75, 3.05) is 0 Å². The van der Waals surface area contributed by atoms with Gasteiger partial charge in [-0.25, -0.2) is 0 Å². The molecule has 0 aromatic heterocycles. The molecule has 3 nitrogen and oxygen atoms in total. The van der Waals surface area contributed by atoms with Crippen molar-refractivity contribution < 1.29 is 14.3 Å². The monoisotopic (exact) mass is 366 g/mol. The van der Waals surface area contributed by atoms with E-state index in [1.165, 1.54) is 0 Å². The summed E-state index contributed by atoms with van der Waals surface area (Å²) in [7, 11) is 0. The molecule has 0 amide bonds. The number of benzene rings is 4. The molecule has 28 heavy (non-hydrogen) atoms. The molecule has 4 aromatic rings. The molecule has 0 radical (unpaired) electrons. The van der Waals surface area contributed by atoms with Crippen molar-refractivity contribution in [1.29, 1.82) is 0 Å². The topological polar surface area (TPSA) is 35.5 Å². The Morgan fingerprint density at radius 3 is 1.68 bits per heavy atom. The van der Waals surface area contributed by atoms with Gasteiger partial charge in [-0.1, -0.05) is 72.8 Å². The highest BCUT2D eigenvalue weighted by molar-refractivity contribution is 6.11. The molecule has 0 bridgehead atoms. The molecule has 0 atom stereocenters. The van der Waals surface area contributed by atoms with Crippen molar-refractivity contribution in [2.45, 2.75) is 0 Å². The molecule has 136 valence electrons. The highest BCUT2D eigenvalue weighted by Gasteiger charge is 2.20. The zero-order chi connectivity index (χ0) is 19.2. The van der Waals surface area contributed by atoms with Crippen molar-refractivity contribution in [1.82, 2.24) is 0 Å². The van der Waals surface area contributed by atoms with Crippen LogP contribution in [0.4, 0.5) is 0 Å². The number of carbonyl (C=O) groups excluding carboxylic acids is 1. The lowest BCUT2D eigenvalue weighted by Gasteiger charge is -2.16. The van der Waals surface area contributed by atoms with E-state index in [2.05, 4.69) is 0 Å². The van der Waals surface area contributed by atoms with Gasteiger partial charge in [0, 0.05) is 5.56 Å². The number of para-hydroxylation sites is 3. The minimum atomic E-state index is -0.120. The zero-order valence-electron chi connectivity index (χ0n) is 15.1. The summed E-state index contributed by atoms with van der Waals surface area (Å²) in [6, 6.07) is 33.3. The van der Waals surface area contributed by atoms with Gasteiger partial charge in [0.05, 0.1) is 5.56 Å². The fraction of sp³-hybridized carbons (Fsp3) is 0. The largest absolute Gasteiger partial charge is 0.453 e. The van der Waals surface area contributed by atoms with Crippen LogP contribution in [-0.4, -0.2) is 5.78 Å². The summed E-state index contributed by atoms with van der Waals surface area (Å²) >= 11 is 0. The maximum atomic E-state index is 13.1.